The van der Waals surface area contributed by atoms with Crippen LogP contribution in [-0.4, -0.2) is 41.0 Å². The smallest absolute Gasteiger partial charge is 0.258 e. The van der Waals surface area contributed by atoms with Crippen molar-refractivity contribution in [3.63, 3.8) is 0 Å². The highest BCUT2D eigenvalue weighted by atomic mass is 16.5. The molecule has 140 valence electrons. The van der Waals surface area contributed by atoms with E-state index in [9.17, 15) is 9.59 Å². The van der Waals surface area contributed by atoms with E-state index in [-0.39, 0.29) is 18.0 Å². The Morgan fingerprint density at radius 1 is 1.19 bits per heavy atom. The van der Waals surface area contributed by atoms with E-state index in [0.29, 0.717) is 35.6 Å². The van der Waals surface area contributed by atoms with Crippen LogP contribution in [0, 0.1) is 0 Å². The number of carbonyl (C=O) groups is 1. The molecule has 7 heteroatoms. The molecule has 1 amide bonds. The fourth-order valence-corrected chi connectivity index (χ4v) is 2.77. The maximum absolute atomic E-state index is 12.2. The molecule has 2 aromatic carbocycles. The Morgan fingerprint density at radius 2 is 1.93 bits per heavy atom. The summed E-state index contributed by atoms with van der Waals surface area (Å²) in [6.45, 7) is 3.05. The van der Waals surface area contributed by atoms with E-state index in [2.05, 4.69) is 15.3 Å². The lowest BCUT2D eigenvalue weighted by Gasteiger charge is -2.16. The Kier molecular flexibility index (Phi) is 5.83. The molecule has 3 rings (SSSR count). The number of aromatic nitrogens is 2. The van der Waals surface area contributed by atoms with E-state index in [1.807, 2.05) is 25.1 Å². The summed E-state index contributed by atoms with van der Waals surface area (Å²) < 4.78 is 5.38. The number of rotatable bonds is 7. The zero-order chi connectivity index (χ0) is 19.2. The minimum absolute atomic E-state index is 0.148. The SMILES string of the molecule is CCOc1ccc(NC(=O)CN(C)Cc2nc3ccccc3c(=O)[nH]2)cc1. The minimum atomic E-state index is -0.178. The van der Waals surface area contributed by atoms with Gasteiger partial charge in [0.2, 0.25) is 5.91 Å². The first-order valence-corrected chi connectivity index (χ1v) is 8.74. The molecular weight excluding hydrogens is 344 g/mol. The van der Waals surface area contributed by atoms with Crippen LogP contribution in [0.5, 0.6) is 5.75 Å². The second-order valence-electron chi connectivity index (χ2n) is 6.21. The lowest BCUT2D eigenvalue weighted by atomic mass is 10.2. The van der Waals surface area contributed by atoms with Crippen LogP contribution in [0.4, 0.5) is 5.69 Å². The standard InChI is InChI=1S/C20H22N4O3/c1-3-27-15-10-8-14(9-11-15)21-19(25)13-24(2)12-18-22-17-7-5-4-6-16(17)20(26)23-18/h4-11H,3,12-13H2,1-2H3,(H,21,25)(H,22,23,26). The topological polar surface area (TPSA) is 87.3 Å². The first-order chi connectivity index (χ1) is 13.0. The zero-order valence-corrected chi connectivity index (χ0v) is 15.4. The summed E-state index contributed by atoms with van der Waals surface area (Å²) in [5.74, 6) is 1.14. The van der Waals surface area contributed by atoms with Crippen LogP contribution in [-0.2, 0) is 11.3 Å². The van der Waals surface area contributed by atoms with Crippen LogP contribution in [0.15, 0.2) is 53.3 Å². The molecule has 27 heavy (non-hydrogen) atoms. The van der Waals surface area contributed by atoms with Crippen molar-refractivity contribution < 1.29 is 9.53 Å². The molecule has 1 aromatic heterocycles. The number of hydrogen-bond donors (Lipinski definition) is 2. The number of para-hydroxylation sites is 1. The van der Waals surface area contributed by atoms with E-state index < -0.39 is 0 Å². The predicted molar refractivity (Wildman–Crippen MR) is 105 cm³/mol. The van der Waals surface area contributed by atoms with Crippen LogP contribution in [0.1, 0.15) is 12.7 Å². The van der Waals surface area contributed by atoms with Crippen LogP contribution in [0.25, 0.3) is 10.9 Å². The Hall–Kier alpha value is -3.19. The molecule has 0 aliphatic carbocycles. The number of benzene rings is 2. The van der Waals surface area contributed by atoms with Gasteiger partial charge in [0, 0.05) is 5.69 Å². The highest BCUT2D eigenvalue weighted by Crippen LogP contribution is 2.15. The van der Waals surface area contributed by atoms with Crippen LogP contribution < -0.4 is 15.6 Å². The summed E-state index contributed by atoms with van der Waals surface area (Å²) in [5.41, 5.74) is 1.17. The summed E-state index contributed by atoms with van der Waals surface area (Å²) in [5, 5.41) is 3.39. The Bertz CT molecular complexity index is 982. The van der Waals surface area contributed by atoms with E-state index in [1.165, 1.54) is 0 Å². The molecule has 0 aliphatic heterocycles. The number of aromatic amines is 1. The fraction of sp³-hybridized carbons (Fsp3) is 0.250. The number of anilines is 1. The van der Waals surface area contributed by atoms with Gasteiger partial charge >= 0.3 is 0 Å². The van der Waals surface area contributed by atoms with Crippen LogP contribution >= 0.6 is 0 Å². The summed E-state index contributed by atoms with van der Waals surface area (Å²) in [6, 6.07) is 14.4. The average Bonchev–Trinajstić information content (AvgIpc) is 2.63. The normalized spacial score (nSPS) is 10.9. The van der Waals surface area contributed by atoms with E-state index in [0.717, 1.165) is 5.75 Å². The number of amides is 1. The number of carbonyl (C=O) groups excluding carboxylic acids is 1. The van der Waals surface area contributed by atoms with Gasteiger partial charge in [-0.05, 0) is 50.4 Å². The van der Waals surface area contributed by atoms with E-state index in [1.54, 1.807) is 42.3 Å². The van der Waals surface area contributed by atoms with Gasteiger partial charge in [0.05, 0.1) is 30.6 Å². The van der Waals surface area contributed by atoms with Crippen molar-refractivity contribution in [2.45, 2.75) is 13.5 Å². The van der Waals surface area contributed by atoms with E-state index >= 15 is 0 Å². The number of H-pyrrole nitrogens is 1. The van der Waals surface area contributed by atoms with Gasteiger partial charge in [-0.3, -0.25) is 14.5 Å². The van der Waals surface area contributed by atoms with Gasteiger partial charge in [0.25, 0.3) is 5.56 Å². The average molecular weight is 366 g/mol. The quantitative estimate of drug-likeness (QED) is 0.670. The second kappa shape index (κ2) is 8.46. The maximum Gasteiger partial charge on any atom is 0.258 e. The van der Waals surface area contributed by atoms with Gasteiger partial charge in [-0.15, -0.1) is 0 Å². The van der Waals surface area contributed by atoms with Gasteiger partial charge in [-0.25, -0.2) is 4.98 Å². The monoisotopic (exact) mass is 366 g/mol. The third-order valence-corrected chi connectivity index (χ3v) is 3.94. The number of likely N-dealkylation sites (N-methyl/N-ethyl adjacent to an activating group) is 1. The molecule has 0 saturated heterocycles. The second-order valence-corrected chi connectivity index (χ2v) is 6.21. The van der Waals surface area contributed by atoms with Crippen molar-refractivity contribution in [2.24, 2.45) is 0 Å². The van der Waals surface area contributed by atoms with Gasteiger partial charge in [-0.2, -0.15) is 0 Å². The summed E-state index contributed by atoms with van der Waals surface area (Å²) in [6.07, 6.45) is 0. The molecule has 7 nitrogen and oxygen atoms in total. The third kappa shape index (κ3) is 4.92. The molecule has 0 spiro atoms. The molecule has 0 saturated carbocycles. The van der Waals surface area contributed by atoms with Crippen molar-refractivity contribution >= 4 is 22.5 Å². The van der Waals surface area contributed by atoms with Crippen molar-refractivity contribution in [1.82, 2.24) is 14.9 Å². The lowest BCUT2D eigenvalue weighted by molar-refractivity contribution is -0.117. The Labute approximate surface area is 157 Å². The van der Waals surface area contributed by atoms with Crippen molar-refractivity contribution in [3.05, 3.63) is 64.7 Å². The molecule has 2 N–H and O–H groups in total. The molecule has 1 heterocycles. The molecule has 0 radical (unpaired) electrons. The number of hydrogen-bond acceptors (Lipinski definition) is 5. The molecule has 0 unspecified atom stereocenters. The maximum atomic E-state index is 12.2. The summed E-state index contributed by atoms with van der Waals surface area (Å²) >= 11 is 0. The van der Waals surface area contributed by atoms with Crippen LogP contribution in [0.3, 0.4) is 0 Å². The third-order valence-electron chi connectivity index (χ3n) is 3.94. The molecule has 0 aliphatic rings. The van der Waals surface area contributed by atoms with Crippen molar-refractivity contribution in [2.75, 3.05) is 25.5 Å². The van der Waals surface area contributed by atoms with Crippen LogP contribution in [0.2, 0.25) is 0 Å². The summed E-state index contributed by atoms with van der Waals surface area (Å²) in [7, 11) is 1.80. The predicted octanol–water partition coefficient (Wildman–Crippen LogP) is 2.39. The molecule has 0 fully saturated rings. The van der Waals surface area contributed by atoms with Gasteiger partial charge in [0.1, 0.15) is 11.6 Å². The number of nitrogens with zero attached hydrogens (tertiary/aromatic N) is 2. The van der Waals surface area contributed by atoms with Gasteiger partial charge in [0.15, 0.2) is 0 Å². The number of fused-ring (bicyclic) bond motifs is 1. The van der Waals surface area contributed by atoms with Crippen molar-refractivity contribution in [3.8, 4) is 5.75 Å². The largest absolute Gasteiger partial charge is 0.494 e. The number of nitrogens with one attached hydrogen (secondary N) is 2. The highest BCUT2D eigenvalue weighted by Gasteiger charge is 2.10. The summed E-state index contributed by atoms with van der Waals surface area (Å²) in [4.78, 5) is 33.4. The van der Waals surface area contributed by atoms with E-state index in [4.69, 9.17) is 4.74 Å². The Morgan fingerprint density at radius 3 is 2.67 bits per heavy atom. The molecule has 0 atom stereocenters. The van der Waals surface area contributed by atoms with Gasteiger partial charge in [-0.1, -0.05) is 12.1 Å². The first kappa shape index (κ1) is 18.6. The zero-order valence-electron chi connectivity index (χ0n) is 15.4. The first-order valence-electron chi connectivity index (χ1n) is 8.74. The highest BCUT2D eigenvalue weighted by molar-refractivity contribution is 5.92. The fourth-order valence-electron chi connectivity index (χ4n) is 2.77. The molecule has 3 aromatic rings. The lowest BCUT2D eigenvalue weighted by Crippen LogP contribution is -2.31. The number of ether oxygens (including phenoxy) is 1. The van der Waals surface area contributed by atoms with Gasteiger partial charge < -0.3 is 15.0 Å². The molecule has 0 bridgehead atoms. The van der Waals surface area contributed by atoms with Crippen molar-refractivity contribution in [1.29, 1.82) is 0 Å². The molecular formula is C20H22N4O3. The Balaban J connectivity index is 1.59. The minimum Gasteiger partial charge on any atom is -0.494 e.